The average molecular weight is 293 g/mol. The second-order valence-corrected chi connectivity index (χ2v) is 7.24. The third-order valence-corrected chi connectivity index (χ3v) is 4.29. The van der Waals surface area contributed by atoms with Gasteiger partial charge in [-0.25, -0.2) is 0 Å². The molecule has 0 N–H and O–H groups in total. The molecule has 1 aromatic carbocycles. The molecule has 0 aliphatic carbocycles. The smallest absolute Gasteiger partial charge is 0.118 e. The second kappa shape index (κ2) is 6.93. The van der Waals surface area contributed by atoms with E-state index in [1.165, 1.54) is 11.8 Å². The predicted octanol–water partition coefficient (Wildman–Crippen LogP) is 4.43. The van der Waals surface area contributed by atoms with Gasteiger partial charge in [-0.05, 0) is 49.1 Å². The van der Waals surface area contributed by atoms with Crippen LogP contribution in [-0.2, 0) is 0 Å². The van der Waals surface area contributed by atoms with Gasteiger partial charge in [0.2, 0.25) is 0 Å². The molecule has 1 rings (SSSR count). The summed E-state index contributed by atoms with van der Waals surface area (Å²) < 4.78 is 5.41. The molecule has 0 heterocycles. The Bertz CT molecular complexity index is 476. The van der Waals surface area contributed by atoms with Gasteiger partial charge in [-0.15, -0.1) is 0 Å². The summed E-state index contributed by atoms with van der Waals surface area (Å²) in [5.41, 5.74) is 0.964. The number of hydrogen-bond donors (Lipinski definition) is 0. The minimum Gasteiger partial charge on any atom is -0.497 e. The fourth-order valence-corrected chi connectivity index (χ4v) is 3.69. The number of ether oxygens (including phenoxy) is 1. The van der Waals surface area contributed by atoms with Gasteiger partial charge in [-0.2, -0.15) is 5.26 Å². The highest BCUT2D eigenvalue weighted by Crippen LogP contribution is 2.34. The summed E-state index contributed by atoms with van der Waals surface area (Å²) in [6.45, 7) is 6.19. The first-order valence-electron chi connectivity index (χ1n) is 6.19. The van der Waals surface area contributed by atoms with E-state index in [1.807, 2.05) is 31.2 Å². The first kappa shape index (κ1) is 16.0. The SMILES string of the molecule is COc1ccc(C(=S)SC(C)(C#N)CC(C)C)cc1. The molecular formula is C15H19NOS2. The molecule has 19 heavy (non-hydrogen) atoms. The summed E-state index contributed by atoms with van der Waals surface area (Å²) in [5, 5.41) is 9.36. The maximum atomic E-state index is 9.36. The Morgan fingerprint density at radius 1 is 1.42 bits per heavy atom. The molecule has 0 bridgehead atoms. The topological polar surface area (TPSA) is 33.0 Å². The first-order chi connectivity index (χ1) is 8.90. The lowest BCUT2D eigenvalue weighted by Gasteiger charge is -2.23. The van der Waals surface area contributed by atoms with E-state index >= 15 is 0 Å². The van der Waals surface area contributed by atoms with Crippen LogP contribution in [0.4, 0.5) is 0 Å². The van der Waals surface area contributed by atoms with Crippen molar-refractivity contribution in [2.45, 2.75) is 31.9 Å². The second-order valence-electron chi connectivity index (χ2n) is 5.06. The lowest BCUT2D eigenvalue weighted by molar-refractivity contribution is 0.415. The largest absolute Gasteiger partial charge is 0.497 e. The molecule has 0 aromatic heterocycles. The Balaban J connectivity index is 2.80. The maximum Gasteiger partial charge on any atom is 0.118 e. The Hall–Kier alpha value is -1.05. The van der Waals surface area contributed by atoms with Gasteiger partial charge >= 0.3 is 0 Å². The number of nitrogens with zero attached hydrogens (tertiary/aromatic N) is 1. The van der Waals surface area contributed by atoms with Crippen molar-refractivity contribution in [3.63, 3.8) is 0 Å². The van der Waals surface area contributed by atoms with Crippen LogP contribution >= 0.6 is 24.0 Å². The highest BCUT2D eigenvalue weighted by molar-refractivity contribution is 8.24. The highest BCUT2D eigenvalue weighted by Gasteiger charge is 2.28. The van der Waals surface area contributed by atoms with E-state index in [0.717, 1.165) is 21.9 Å². The van der Waals surface area contributed by atoms with E-state index in [0.29, 0.717) is 5.92 Å². The molecule has 0 fully saturated rings. The van der Waals surface area contributed by atoms with Crippen molar-refractivity contribution in [3.05, 3.63) is 29.8 Å². The molecule has 1 unspecified atom stereocenters. The summed E-state index contributed by atoms with van der Waals surface area (Å²) in [4.78, 5) is 0. The maximum absolute atomic E-state index is 9.36. The molecule has 0 radical (unpaired) electrons. The monoisotopic (exact) mass is 293 g/mol. The number of benzene rings is 1. The molecular weight excluding hydrogens is 274 g/mol. The summed E-state index contributed by atoms with van der Waals surface area (Å²) >= 11 is 6.91. The zero-order valence-corrected chi connectivity index (χ0v) is 13.4. The summed E-state index contributed by atoms with van der Waals surface area (Å²) in [6.07, 6.45) is 0.824. The van der Waals surface area contributed by atoms with Crippen molar-refractivity contribution in [2.75, 3.05) is 7.11 Å². The molecule has 4 heteroatoms. The Morgan fingerprint density at radius 3 is 2.42 bits per heavy atom. The normalized spacial score (nSPS) is 13.7. The molecule has 0 amide bonds. The fourth-order valence-electron chi connectivity index (χ4n) is 1.88. The quantitative estimate of drug-likeness (QED) is 0.752. The van der Waals surface area contributed by atoms with E-state index in [9.17, 15) is 5.26 Å². The standard InChI is InChI=1S/C15H19NOS2/c1-11(2)9-15(3,10-16)19-14(18)12-5-7-13(17-4)8-6-12/h5-8,11H,9H2,1-4H3. The average Bonchev–Trinajstić information content (AvgIpc) is 2.37. The van der Waals surface area contributed by atoms with Crippen molar-refractivity contribution < 1.29 is 4.74 Å². The number of methoxy groups -OCH3 is 1. The van der Waals surface area contributed by atoms with Crippen molar-refractivity contribution in [1.82, 2.24) is 0 Å². The van der Waals surface area contributed by atoms with Gasteiger partial charge in [0, 0.05) is 0 Å². The molecule has 2 nitrogen and oxygen atoms in total. The highest BCUT2D eigenvalue weighted by atomic mass is 32.2. The lowest BCUT2D eigenvalue weighted by atomic mass is 9.99. The van der Waals surface area contributed by atoms with Gasteiger partial charge < -0.3 is 4.74 Å². The molecule has 1 aromatic rings. The van der Waals surface area contributed by atoms with Gasteiger partial charge in [0.25, 0.3) is 0 Å². The van der Waals surface area contributed by atoms with Gasteiger partial charge in [-0.1, -0.05) is 37.8 Å². The Kier molecular flexibility index (Phi) is 5.84. The fraction of sp³-hybridized carbons (Fsp3) is 0.467. The van der Waals surface area contributed by atoms with Gasteiger partial charge in [0.05, 0.1) is 17.4 Å². The molecule has 0 aliphatic rings. The zero-order chi connectivity index (χ0) is 14.5. The van der Waals surface area contributed by atoms with E-state index in [1.54, 1.807) is 7.11 Å². The van der Waals surface area contributed by atoms with Crippen LogP contribution in [-0.4, -0.2) is 16.1 Å². The number of thiocarbonyl (C=S) groups is 1. The van der Waals surface area contributed by atoms with Crippen LogP contribution in [0, 0.1) is 17.2 Å². The van der Waals surface area contributed by atoms with E-state index in [4.69, 9.17) is 17.0 Å². The Morgan fingerprint density at radius 2 is 2.00 bits per heavy atom. The van der Waals surface area contributed by atoms with Crippen LogP contribution in [0.1, 0.15) is 32.8 Å². The molecule has 1 atom stereocenters. The number of rotatable bonds is 5. The molecule has 102 valence electrons. The molecule has 0 spiro atoms. The summed E-state index contributed by atoms with van der Waals surface area (Å²) in [7, 11) is 1.64. The molecule has 0 saturated carbocycles. The number of thioether (sulfide) groups is 1. The predicted molar refractivity (Wildman–Crippen MR) is 85.8 cm³/mol. The number of nitriles is 1. The van der Waals surface area contributed by atoms with Crippen LogP contribution < -0.4 is 4.74 Å². The lowest BCUT2D eigenvalue weighted by Crippen LogP contribution is -2.22. The van der Waals surface area contributed by atoms with E-state index in [-0.39, 0.29) is 0 Å². The minimum atomic E-state index is -0.467. The zero-order valence-electron chi connectivity index (χ0n) is 11.8. The van der Waals surface area contributed by atoms with Crippen LogP contribution in [0.2, 0.25) is 0 Å². The van der Waals surface area contributed by atoms with Crippen molar-refractivity contribution in [1.29, 1.82) is 5.26 Å². The van der Waals surface area contributed by atoms with Gasteiger partial charge in [0.1, 0.15) is 10.5 Å². The van der Waals surface area contributed by atoms with Gasteiger partial charge in [-0.3, -0.25) is 0 Å². The van der Waals surface area contributed by atoms with E-state index < -0.39 is 4.75 Å². The number of hydrogen-bond acceptors (Lipinski definition) is 4. The van der Waals surface area contributed by atoms with Crippen molar-refractivity contribution in [2.24, 2.45) is 5.92 Å². The van der Waals surface area contributed by atoms with E-state index in [2.05, 4.69) is 19.9 Å². The molecule has 0 aliphatic heterocycles. The van der Waals surface area contributed by atoms with Gasteiger partial charge in [0.15, 0.2) is 0 Å². The molecule has 0 saturated heterocycles. The van der Waals surface area contributed by atoms with Crippen LogP contribution in [0.15, 0.2) is 24.3 Å². The van der Waals surface area contributed by atoms with Crippen LogP contribution in [0.25, 0.3) is 0 Å². The Labute approximate surface area is 125 Å². The minimum absolute atomic E-state index is 0.467. The van der Waals surface area contributed by atoms with Crippen molar-refractivity contribution >= 4 is 28.2 Å². The van der Waals surface area contributed by atoms with Crippen LogP contribution in [0.5, 0.6) is 5.75 Å². The summed E-state index contributed by atoms with van der Waals surface area (Å²) in [5.74, 6) is 1.28. The third kappa shape index (κ3) is 4.85. The van der Waals surface area contributed by atoms with Crippen molar-refractivity contribution in [3.8, 4) is 11.8 Å². The third-order valence-electron chi connectivity index (χ3n) is 2.68. The van der Waals surface area contributed by atoms with Crippen LogP contribution in [0.3, 0.4) is 0 Å². The summed E-state index contributed by atoms with van der Waals surface area (Å²) in [6, 6.07) is 10.0. The first-order valence-corrected chi connectivity index (χ1v) is 7.41.